The number of hydrogen-bond acceptors (Lipinski definition) is 7. The third kappa shape index (κ3) is 24.1. The van der Waals surface area contributed by atoms with Gasteiger partial charge < -0.3 is 38.5 Å². The zero-order valence-electron chi connectivity index (χ0n) is 27.7. The van der Waals surface area contributed by atoms with Crippen LogP contribution in [0.15, 0.2) is 12.2 Å². The van der Waals surface area contributed by atoms with E-state index >= 15 is 0 Å². The van der Waals surface area contributed by atoms with Gasteiger partial charge in [-0.3, -0.25) is 0 Å². The number of rotatable bonds is 31. The number of unbranched alkanes of at least 4 members (excludes halogenated alkanes) is 16. The van der Waals surface area contributed by atoms with Crippen molar-refractivity contribution in [2.24, 2.45) is 0 Å². The number of aliphatic hydroxyl groups is 3. The number of aliphatic hydroxyl groups excluding tert-OH is 2. The lowest BCUT2D eigenvalue weighted by Gasteiger charge is -2.43. The van der Waals surface area contributed by atoms with E-state index in [1.54, 1.807) is 21.0 Å². The summed E-state index contributed by atoms with van der Waals surface area (Å²) in [6.45, 7) is 4.54. The van der Waals surface area contributed by atoms with Gasteiger partial charge in [0.2, 0.25) is 0 Å². The molecule has 8 nitrogen and oxygen atoms in total. The molecule has 0 aliphatic rings. The van der Waals surface area contributed by atoms with E-state index in [1.165, 1.54) is 103 Å². The molecule has 0 saturated carbocycles. The molecule has 0 aromatic rings. The summed E-state index contributed by atoms with van der Waals surface area (Å²) in [5.41, 5.74) is 0. The van der Waals surface area contributed by atoms with Gasteiger partial charge in [-0.25, -0.2) is 0 Å². The van der Waals surface area contributed by atoms with Crippen LogP contribution in [-0.2, 0) is 13.8 Å². The molecule has 0 spiro atoms. The predicted octanol–water partition coefficient (Wildman–Crippen LogP) is 7.05. The third-order valence-electron chi connectivity index (χ3n) is 8.06. The van der Waals surface area contributed by atoms with E-state index < -0.39 is 25.8 Å². The van der Waals surface area contributed by atoms with Crippen molar-refractivity contribution in [1.29, 1.82) is 0 Å². The molecule has 0 aromatic carbocycles. The maximum absolute atomic E-state index is 12.7. The minimum absolute atomic E-state index is 0.0401. The van der Waals surface area contributed by atoms with Crippen molar-refractivity contribution in [2.75, 3.05) is 40.5 Å². The van der Waals surface area contributed by atoms with Crippen LogP contribution in [0.3, 0.4) is 0 Å². The van der Waals surface area contributed by atoms with E-state index in [0.29, 0.717) is 13.0 Å². The number of hydrogen-bond donors (Lipinski definition) is 3. The van der Waals surface area contributed by atoms with E-state index in [-0.39, 0.29) is 30.7 Å². The van der Waals surface area contributed by atoms with Crippen LogP contribution in [0.1, 0.15) is 142 Å². The minimum Gasteiger partial charge on any atom is -0.774 e. The average molecular weight is 622 g/mol. The molecule has 0 bridgehead atoms. The summed E-state index contributed by atoms with van der Waals surface area (Å²) >= 11 is 0. The molecule has 2 unspecified atom stereocenters. The van der Waals surface area contributed by atoms with Crippen molar-refractivity contribution < 1.29 is 38.5 Å². The quantitative estimate of drug-likeness (QED) is 0.0250. The molecular formula is C33H68NO7P. The number of allylic oxidation sites excluding steroid dienone is 2. The second-order valence-electron chi connectivity index (χ2n) is 12.6. The summed E-state index contributed by atoms with van der Waals surface area (Å²) < 4.78 is 23.5. The van der Waals surface area contributed by atoms with Crippen LogP contribution in [0.4, 0.5) is 0 Å². The SMILES string of the molecule is CCCCCCCCCCC/C=C\CCCCCCCCCOC[C@@H](O)COP(=O)([O-])C(CC)[N+](C)(C)CCC(O)O. The number of nitrogens with zero attached hydrogens (tertiary/aromatic N) is 1. The van der Waals surface area contributed by atoms with E-state index in [4.69, 9.17) is 19.5 Å². The summed E-state index contributed by atoms with van der Waals surface area (Å²) in [5.74, 6) is -0.838. The third-order valence-corrected chi connectivity index (χ3v) is 10.3. The van der Waals surface area contributed by atoms with Crippen molar-refractivity contribution in [3.8, 4) is 0 Å². The highest BCUT2D eigenvalue weighted by molar-refractivity contribution is 7.51. The molecule has 9 heteroatoms. The molecule has 0 rings (SSSR count). The highest BCUT2D eigenvalue weighted by atomic mass is 31.2. The molecule has 0 aliphatic heterocycles. The molecule has 0 fully saturated rings. The first-order valence-corrected chi connectivity index (χ1v) is 18.7. The Bertz CT molecular complexity index is 675. The topological polar surface area (TPSA) is 119 Å². The van der Waals surface area contributed by atoms with Gasteiger partial charge in [0.05, 0.1) is 33.9 Å². The van der Waals surface area contributed by atoms with Gasteiger partial charge in [0, 0.05) is 19.4 Å². The highest BCUT2D eigenvalue weighted by Crippen LogP contribution is 2.48. The van der Waals surface area contributed by atoms with Crippen molar-refractivity contribution >= 4 is 7.60 Å². The standard InChI is InChI=1S/C33H68NO7P/c1-5-7-8-9-10-11-12-13-14-15-16-17-18-19-20-21-22-23-24-25-28-40-29-31(35)30-41-42(38,39)32(6-2)34(3,4)27-26-33(36)37/h16-17,31-33,35-37H,5-15,18-30H2,1-4H3/b17-16-/t31-,32?/m1/s1. The Balaban J connectivity index is 3.67. The van der Waals surface area contributed by atoms with Gasteiger partial charge in [-0.15, -0.1) is 0 Å². The zero-order chi connectivity index (χ0) is 31.5. The van der Waals surface area contributed by atoms with Gasteiger partial charge in [0.1, 0.15) is 6.10 Å². The van der Waals surface area contributed by atoms with E-state index in [1.807, 2.05) is 0 Å². The largest absolute Gasteiger partial charge is 0.774 e. The molecule has 0 amide bonds. The molecule has 0 radical (unpaired) electrons. The first-order valence-electron chi connectivity index (χ1n) is 17.1. The van der Waals surface area contributed by atoms with Crippen LogP contribution >= 0.6 is 7.60 Å². The Morgan fingerprint density at radius 1 is 0.738 bits per heavy atom. The first-order chi connectivity index (χ1) is 20.1. The Hall–Kier alpha value is -0.310. The van der Waals surface area contributed by atoms with Crippen LogP contribution < -0.4 is 4.89 Å². The predicted molar refractivity (Wildman–Crippen MR) is 172 cm³/mol. The molecule has 0 aromatic heterocycles. The average Bonchev–Trinajstić information content (AvgIpc) is 2.93. The fraction of sp³-hybridized carbons (Fsp3) is 0.939. The fourth-order valence-electron chi connectivity index (χ4n) is 5.40. The number of ether oxygens (including phenoxy) is 1. The van der Waals surface area contributed by atoms with Crippen LogP contribution in [0.5, 0.6) is 0 Å². The monoisotopic (exact) mass is 621 g/mol. The Labute approximate surface area is 259 Å². The van der Waals surface area contributed by atoms with Crippen molar-refractivity contribution in [1.82, 2.24) is 0 Å². The van der Waals surface area contributed by atoms with Crippen LogP contribution in [0, 0.1) is 0 Å². The zero-order valence-corrected chi connectivity index (χ0v) is 28.6. The summed E-state index contributed by atoms with van der Waals surface area (Å²) in [5, 5.41) is 28.4. The van der Waals surface area contributed by atoms with Gasteiger partial charge in [-0.1, -0.05) is 109 Å². The van der Waals surface area contributed by atoms with Gasteiger partial charge in [0.25, 0.3) is 0 Å². The minimum atomic E-state index is -4.28. The molecule has 0 heterocycles. The van der Waals surface area contributed by atoms with Gasteiger partial charge >= 0.3 is 0 Å². The van der Waals surface area contributed by atoms with Crippen molar-refractivity contribution in [3.63, 3.8) is 0 Å². The molecule has 0 saturated heterocycles. The highest BCUT2D eigenvalue weighted by Gasteiger charge is 2.37. The first kappa shape index (κ1) is 41.7. The summed E-state index contributed by atoms with van der Waals surface area (Å²) in [7, 11) is -0.832. The van der Waals surface area contributed by atoms with E-state index in [2.05, 4.69) is 19.1 Å². The van der Waals surface area contributed by atoms with Crippen LogP contribution in [0.25, 0.3) is 0 Å². The second-order valence-corrected chi connectivity index (χ2v) is 14.5. The molecule has 42 heavy (non-hydrogen) atoms. The maximum atomic E-state index is 12.7. The van der Waals surface area contributed by atoms with Gasteiger partial charge in [-0.05, 0) is 32.1 Å². The Morgan fingerprint density at radius 3 is 1.69 bits per heavy atom. The lowest BCUT2D eigenvalue weighted by Crippen LogP contribution is -2.51. The molecular weight excluding hydrogens is 553 g/mol. The normalized spacial score (nSPS) is 15.5. The summed E-state index contributed by atoms with van der Waals surface area (Å²) in [6.07, 6.45) is 25.8. The molecule has 0 aliphatic carbocycles. The smallest absolute Gasteiger partial charge is 0.193 e. The van der Waals surface area contributed by atoms with Gasteiger partial charge in [0.15, 0.2) is 19.7 Å². The van der Waals surface area contributed by atoms with Crippen LogP contribution in [-0.4, -0.2) is 78.4 Å². The lowest BCUT2D eigenvalue weighted by atomic mass is 10.1. The van der Waals surface area contributed by atoms with E-state index in [0.717, 1.165) is 12.8 Å². The van der Waals surface area contributed by atoms with Crippen molar-refractivity contribution in [3.05, 3.63) is 12.2 Å². The summed E-state index contributed by atoms with van der Waals surface area (Å²) in [4.78, 5) is 12.7. The number of quaternary nitrogens is 1. The Morgan fingerprint density at radius 2 is 1.21 bits per heavy atom. The second kappa shape index (κ2) is 27.0. The van der Waals surface area contributed by atoms with Gasteiger partial charge in [-0.2, -0.15) is 0 Å². The molecule has 3 N–H and O–H groups in total. The molecule has 3 atom stereocenters. The maximum Gasteiger partial charge on any atom is 0.193 e. The van der Waals surface area contributed by atoms with Crippen LogP contribution in [0.2, 0.25) is 0 Å². The Kier molecular flexibility index (Phi) is 26.8. The van der Waals surface area contributed by atoms with E-state index in [9.17, 15) is 14.6 Å². The van der Waals surface area contributed by atoms with Crippen molar-refractivity contribution in [2.45, 2.75) is 160 Å². The summed E-state index contributed by atoms with van der Waals surface area (Å²) in [6, 6.07) is 0. The lowest BCUT2D eigenvalue weighted by molar-refractivity contribution is -0.904. The fourth-order valence-corrected chi connectivity index (χ4v) is 7.28. The molecule has 252 valence electrons.